The Kier molecular flexibility index (Phi) is 4.55. The summed E-state index contributed by atoms with van der Waals surface area (Å²) in [6.07, 6.45) is -0.352. The molecule has 1 aromatic carbocycles. The lowest BCUT2D eigenvalue weighted by molar-refractivity contribution is -0.193. The first kappa shape index (κ1) is 13.2. The number of benzene rings is 1. The van der Waals surface area contributed by atoms with E-state index in [1.807, 2.05) is 31.2 Å². The number of hydrogen-bond acceptors (Lipinski definition) is 3. The first-order chi connectivity index (χ1) is 7.54. The minimum atomic E-state index is -1.09. The molecule has 0 spiro atoms. The van der Waals surface area contributed by atoms with Gasteiger partial charge in [0.15, 0.2) is 0 Å². The molecule has 0 bridgehead atoms. The molecular weight excluding hydrogens is 321 g/mol. The van der Waals surface area contributed by atoms with Crippen molar-refractivity contribution in [3.63, 3.8) is 0 Å². The van der Waals surface area contributed by atoms with Crippen molar-refractivity contribution in [3.8, 4) is 0 Å². The minimum absolute atomic E-state index is 0.493. The molecule has 1 amide bonds. The van der Waals surface area contributed by atoms with Gasteiger partial charge in [0.2, 0.25) is 5.79 Å². The van der Waals surface area contributed by atoms with Gasteiger partial charge in [-0.25, -0.2) is 4.79 Å². The van der Waals surface area contributed by atoms with E-state index < -0.39 is 11.9 Å². The third-order valence-corrected chi connectivity index (χ3v) is 3.00. The summed E-state index contributed by atoms with van der Waals surface area (Å²) in [6.45, 7) is 1.87. The lowest BCUT2D eigenvalue weighted by atomic mass is 10.0. The summed E-state index contributed by atoms with van der Waals surface area (Å²) in [4.78, 5) is 10.9. The van der Waals surface area contributed by atoms with Crippen LogP contribution in [0.15, 0.2) is 24.3 Å². The normalized spacial score (nSPS) is 14.2. The smallest absolute Gasteiger partial charge is 0.407 e. The van der Waals surface area contributed by atoms with Gasteiger partial charge in [-0.1, -0.05) is 19.1 Å². The Morgan fingerprint density at radius 3 is 2.69 bits per heavy atom. The van der Waals surface area contributed by atoms with Crippen LogP contribution in [0.5, 0.6) is 0 Å². The topological polar surface area (TPSA) is 61.6 Å². The van der Waals surface area contributed by atoms with Crippen LogP contribution in [0.25, 0.3) is 0 Å². The highest BCUT2D eigenvalue weighted by molar-refractivity contribution is 14.1. The highest BCUT2D eigenvalue weighted by atomic mass is 127. The fourth-order valence-electron chi connectivity index (χ4n) is 1.53. The van der Waals surface area contributed by atoms with E-state index in [0.717, 1.165) is 9.13 Å². The van der Waals surface area contributed by atoms with Gasteiger partial charge in [0, 0.05) is 22.7 Å². The van der Waals surface area contributed by atoms with Gasteiger partial charge in [-0.2, -0.15) is 0 Å². The predicted octanol–water partition coefficient (Wildman–Crippen LogP) is 2.60. The van der Waals surface area contributed by atoms with E-state index in [1.165, 1.54) is 7.11 Å². The number of hydrogen-bond donors (Lipinski definition) is 1. The highest BCUT2D eigenvalue weighted by Crippen LogP contribution is 2.31. The molecule has 0 aliphatic heterocycles. The molecule has 0 aliphatic rings. The maximum Gasteiger partial charge on any atom is 0.407 e. The van der Waals surface area contributed by atoms with Crippen LogP contribution in [0.1, 0.15) is 18.9 Å². The first-order valence-electron chi connectivity index (χ1n) is 4.83. The van der Waals surface area contributed by atoms with Crippen molar-refractivity contribution in [2.75, 3.05) is 7.11 Å². The molecule has 1 atom stereocenters. The van der Waals surface area contributed by atoms with Crippen LogP contribution < -0.4 is 5.73 Å². The maximum atomic E-state index is 10.9. The summed E-state index contributed by atoms with van der Waals surface area (Å²) in [5, 5.41) is 0. The van der Waals surface area contributed by atoms with Gasteiger partial charge in [-0.05, 0) is 34.7 Å². The lowest BCUT2D eigenvalue weighted by Gasteiger charge is -2.30. The van der Waals surface area contributed by atoms with Crippen molar-refractivity contribution in [3.05, 3.63) is 33.4 Å². The molecule has 0 heterocycles. The van der Waals surface area contributed by atoms with E-state index in [0.29, 0.717) is 6.42 Å². The Balaban J connectivity index is 3.14. The van der Waals surface area contributed by atoms with Crippen LogP contribution in [0, 0.1) is 3.57 Å². The van der Waals surface area contributed by atoms with Gasteiger partial charge < -0.3 is 15.2 Å². The molecule has 5 heteroatoms. The predicted molar refractivity (Wildman–Crippen MR) is 68.8 cm³/mol. The van der Waals surface area contributed by atoms with E-state index in [9.17, 15) is 4.79 Å². The fraction of sp³-hybridized carbons (Fsp3) is 0.364. The number of primary amides is 1. The Bertz CT molecular complexity index is 377. The van der Waals surface area contributed by atoms with Gasteiger partial charge in [0.05, 0.1) is 0 Å². The zero-order valence-electron chi connectivity index (χ0n) is 9.20. The lowest BCUT2D eigenvalue weighted by Crippen LogP contribution is -2.36. The second-order valence-electron chi connectivity index (χ2n) is 3.24. The zero-order chi connectivity index (χ0) is 12.2. The van der Waals surface area contributed by atoms with Crippen LogP contribution >= 0.6 is 22.6 Å². The molecule has 0 saturated carbocycles. The number of methoxy groups -OCH3 is 1. The number of carbonyl (C=O) groups excluding carboxylic acids is 1. The molecule has 2 N–H and O–H groups in total. The maximum absolute atomic E-state index is 10.9. The molecule has 1 aromatic rings. The monoisotopic (exact) mass is 335 g/mol. The summed E-state index contributed by atoms with van der Waals surface area (Å²) in [5.41, 5.74) is 5.84. The molecule has 1 rings (SSSR count). The van der Waals surface area contributed by atoms with Crippen molar-refractivity contribution in [2.24, 2.45) is 5.73 Å². The Hall–Kier alpha value is -0.820. The number of carbonyl (C=O) groups is 1. The van der Waals surface area contributed by atoms with E-state index >= 15 is 0 Å². The van der Waals surface area contributed by atoms with Crippen molar-refractivity contribution >= 4 is 28.7 Å². The average molecular weight is 335 g/mol. The summed E-state index contributed by atoms with van der Waals surface area (Å²) >= 11 is 2.18. The molecule has 0 fully saturated rings. The van der Waals surface area contributed by atoms with E-state index in [2.05, 4.69) is 22.6 Å². The quantitative estimate of drug-likeness (QED) is 0.680. The van der Waals surface area contributed by atoms with Gasteiger partial charge in [-0.15, -0.1) is 0 Å². The van der Waals surface area contributed by atoms with Gasteiger partial charge in [0.1, 0.15) is 0 Å². The molecule has 0 saturated heterocycles. The summed E-state index contributed by atoms with van der Waals surface area (Å²) in [5.74, 6) is -1.09. The van der Waals surface area contributed by atoms with Crippen molar-refractivity contribution in [1.82, 2.24) is 0 Å². The van der Waals surface area contributed by atoms with E-state index in [-0.39, 0.29) is 0 Å². The largest absolute Gasteiger partial charge is 0.413 e. The van der Waals surface area contributed by atoms with E-state index in [1.54, 1.807) is 0 Å². The highest BCUT2D eigenvalue weighted by Gasteiger charge is 2.34. The summed E-state index contributed by atoms with van der Waals surface area (Å²) < 4.78 is 11.4. The average Bonchev–Trinajstić information content (AvgIpc) is 2.25. The number of rotatable bonds is 4. The van der Waals surface area contributed by atoms with Gasteiger partial charge in [0.25, 0.3) is 0 Å². The Labute approximate surface area is 108 Å². The molecule has 4 nitrogen and oxygen atoms in total. The van der Waals surface area contributed by atoms with Gasteiger partial charge >= 0.3 is 6.09 Å². The summed E-state index contributed by atoms with van der Waals surface area (Å²) in [7, 11) is 1.49. The molecule has 88 valence electrons. The van der Waals surface area contributed by atoms with Crippen LogP contribution in [0.4, 0.5) is 4.79 Å². The van der Waals surface area contributed by atoms with Crippen LogP contribution in [0.3, 0.4) is 0 Å². The van der Waals surface area contributed by atoms with Crippen molar-refractivity contribution < 1.29 is 14.3 Å². The fourth-order valence-corrected chi connectivity index (χ4v) is 2.07. The molecule has 1 unspecified atom stereocenters. The zero-order valence-corrected chi connectivity index (χ0v) is 11.4. The van der Waals surface area contributed by atoms with Crippen molar-refractivity contribution in [1.29, 1.82) is 0 Å². The van der Waals surface area contributed by atoms with Crippen LogP contribution in [-0.4, -0.2) is 13.2 Å². The standard InChI is InChI=1S/C11H14INO3/c1-3-11(15-2,16-10(13)14)8-5-4-6-9(12)7-8/h4-7H,3H2,1-2H3,(H2,13,14). The Morgan fingerprint density at radius 1 is 1.56 bits per heavy atom. The third-order valence-electron chi connectivity index (χ3n) is 2.33. The molecular formula is C11H14INO3. The number of amides is 1. The van der Waals surface area contributed by atoms with Crippen LogP contribution in [0.2, 0.25) is 0 Å². The first-order valence-corrected chi connectivity index (χ1v) is 5.91. The second kappa shape index (κ2) is 5.49. The Morgan fingerprint density at radius 2 is 2.25 bits per heavy atom. The molecule has 0 aromatic heterocycles. The summed E-state index contributed by atoms with van der Waals surface area (Å²) in [6, 6.07) is 7.57. The molecule has 16 heavy (non-hydrogen) atoms. The minimum Gasteiger partial charge on any atom is -0.413 e. The number of nitrogens with two attached hydrogens (primary N) is 1. The number of ether oxygens (including phenoxy) is 2. The van der Waals surface area contributed by atoms with E-state index in [4.69, 9.17) is 15.2 Å². The van der Waals surface area contributed by atoms with Crippen molar-refractivity contribution in [2.45, 2.75) is 19.1 Å². The second-order valence-corrected chi connectivity index (χ2v) is 4.49. The molecule has 0 radical (unpaired) electrons. The third kappa shape index (κ3) is 2.85. The SMILES string of the molecule is CCC(OC)(OC(N)=O)c1cccc(I)c1. The molecule has 0 aliphatic carbocycles. The van der Waals surface area contributed by atoms with Crippen LogP contribution in [-0.2, 0) is 15.3 Å². The number of halogens is 1. The van der Waals surface area contributed by atoms with Gasteiger partial charge in [-0.3, -0.25) is 0 Å².